The van der Waals surface area contributed by atoms with Crippen LogP contribution in [-0.4, -0.2) is 28.2 Å². The molecule has 1 aromatic carbocycles. The number of hydrogen-bond donors (Lipinski definition) is 1. The number of thiophene rings is 1. The molecule has 1 saturated heterocycles. The zero-order chi connectivity index (χ0) is 16.4. The first-order valence-electron chi connectivity index (χ1n) is 8.46. The van der Waals surface area contributed by atoms with Gasteiger partial charge in [-0.05, 0) is 53.6 Å². The van der Waals surface area contributed by atoms with Gasteiger partial charge in [-0.25, -0.2) is 9.97 Å². The van der Waals surface area contributed by atoms with Crippen LogP contribution in [0.2, 0.25) is 0 Å². The highest BCUT2D eigenvalue weighted by atomic mass is 32.1. The minimum absolute atomic E-state index is 0.105. The minimum Gasteiger partial charge on any atom is -0.388 e. The van der Waals surface area contributed by atoms with E-state index < -0.39 is 0 Å². The van der Waals surface area contributed by atoms with Gasteiger partial charge in [0.25, 0.3) is 0 Å². The van der Waals surface area contributed by atoms with Crippen LogP contribution >= 0.6 is 11.3 Å². The van der Waals surface area contributed by atoms with Crippen molar-refractivity contribution in [1.82, 2.24) is 9.97 Å². The van der Waals surface area contributed by atoms with E-state index >= 15 is 0 Å². The van der Waals surface area contributed by atoms with Crippen LogP contribution in [0.25, 0.3) is 10.1 Å². The van der Waals surface area contributed by atoms with Crippen molar-refractivity contribution in [3.8, 4) is 0 Å². The van der Waals surface area contributed by atoms with Gasteiger partial charge in [-0.3, -0.25) is 0 Å². The highest BCUT2D eigenvalue weighted by molar-refractivity contribution is 7.17. The molecule has 4 rings (SSSR count). The average molecular weight is 339 g/mol. The molecule has 0 saturated carbocycles. The fraction of sp³-hybridized carbons (Fsp3) is 0.368. The summed E-state index contributed by atoms with van der Waals surface area (Å²) in [4.78, 5) is 10.9. The lowest BCUT2D eigenvalue weighted by atomic mass is 9.91. The number of anilines is 1. The van der Waals surface area contributed by atoms with E-state index in [1.807, 2.05) is 17.4 Å². The highest BCUT2D eigenvalue weighted by Crippen LogP contribution is 2.30. The Morgan fingerprint density at radius 1 is 1.25 bits per heavy atom. The zero-order valence-electron chi connectivity index (χ0n) is 13.6. The predicted octanol–water partition coefficient (Wildman–Crippen LogP) is 3.64. The molecule has 0 amide bonds. The molecule has 1 N–H and O–H groups in total. The van der Waals surface area contributed by atoms with Crippen molar-refractivity contribution in [2.45, 2.75) is 25.9 Å². The van der Waals surface area contributed by atoms with Crippen molar-refractivity contribution in [3.05, 3.63) is 53.3 Å². The highest BCUT2D eigenvalue weighted by Gasteiger charge is 2.22. The number of rotatable bonds is 4. The number of hydrogen-bond acceptors (Lipinski definition) is 5. The molecule has 4 nitrogen and oxygen atoms in total. The molecule has 0 aliphatic carbocycles. The molecule has 24 heavy (non-hydrogen) atoms. The second kappa shape index (κ2) is 6.87. The maximum Gasteiger partial charge on any atom is 0.156 e. The lowest BCUT2D eigenvalue weighted by Gasteiger charge is -2.33. The van der Waals surface area contributed by atoms with Gasteiger partial charge in [0.15, 0.2) is 5.82 Å². The summed E-state index contributed by atoms with van der Waals surface area (Å²) in [6, 6.07) is 10.6. The van der Waals surface area contributed by atoms with Crippen LogP contribution in [0.4, 0.5) is 5.82 Å². The Morgan fingerprint density at radius 3 is 3.08 bits per heavy atom. The largest absolute Gasteiger partial charge is 0.388 e. The van der Waals surface area contributed by atoms with E-state index in [1.54, 1.807) is 6.20 Å². The Balaban J connectivity index is 1.50. The van der Waals surface area contributed by atoms with Gasteiger partial charge >= 0.3 is 0 Å². The lowest BCUT2D eigenvalue weighted by molar-refractivity contribution is 0.271. The average Bonchev–Trinajstić information content (AvgIpc) is 3.05. The van der Waals surface area contributed by atoms with E-state index in [0.29, 0.717) is 11.7 Å². The van der Waals surface area contributed by atoms with Crippen LogP contribution in [0.1, 0.15) is 24.2 Å². The molecule has 3 aromatic rings. The molecule has 1 aliphatic rings. The zero-order valence-corrected chi connectivity index (χ0v) is 14.4. The molecule has 0 spiro atoms. The second-order valence-electron chi connectivity index (χ2n) is 6.40. The first-order valence-corrected chi connectivity index (χ1v) is 9.34. The molecule has 1 fully saturated rings. The first-order chi connectivity index (χ1) is 11.8. The van der Waals surface area contributed by atoms with E-state index in [-0.39, 0.29) is 6.61 Å². The Labute approximate surface area is 145 Å². The Hall–Kier alpha value is -1.98. The number of piperidine rings is 1. The Kier molecular flexibility index (Phi) is 4.45. The number of fused-ring (bicyclic) bond motifs is 1. The Bertz CT molecular complexity index is 832. The van der Waals surface area contributed by atoms with Crippen molar-refractivity contribution in [3.63, 3.8) is 0 Å². The van der Waals surface area contributed by atoms with E-state index in [0.717, 1.165) is 25.3 Å². The Morgan fingerprint density at radius 2 is 2.17 bits per heavy atom. The summed E-state index contributed by atoms with van der Waals surface area (Å²) in [6.07, 6.45) is 5.31. The van der Waals surface area contributed by atoms with E-state index in [1.165, 1.54) is 28.5 Å². The van der Waals surface area contributed by atoms with Crippen molar-refractivity contribution in [1.29, 1.82) is 0 Å². The molecule has 3 heterocycles. The summed E-state index contributed by atoms with van der Waals surface area (Å²) in [5.41, 5.74) is 1.47. The second-order valence-corrected chi connectivity index (χ2v) is 7.32. The van der Waals surface area contributed by atoms with Gasteiger partial charge < -0.3 is 10.0 Å². The summed E-state index contributed by atoms with van der Waals surface area (Å²) in [7, 11) is 0. The monoisotopic (exact) mass is 339 g/mol. The number of aromatic nitrogens is 2. The van der Waals surface area contributed by atoms with Gasteiger partial charge in [-0.2, -0.15) is 0 Å². The summed E-state index contributed by atoms with van der Waals surface area (Å²) in [6.45, 7) is 1.95. The quantitative estimate of drug-likeness (QED) is 0.788. The molecule has 2 aromatic heterocycles. The molecule has 0 radical (unpaired) electrons. The fourth-order valence-electron chi connectivity index (χ4n) is 3.58. The SMILES string of the molecule is OCc1nccc(N2CCCC(Cc3csc4ccccc34)C2)n1. The van der Waals surface area contributed by atoms with Crippen LogP contribution in [-0.2, 0) is 13.0 Å². The van der Waals surface area contributed by atoms with Crippen LogP contribution in [0.3, 0.4) is 0 Å². The molecule has 1 aliphatic heterocycles. The van der Waals surface area contributed by atoms with E-state index in [2.05, 4.69) is 44.5 Å². The predicted molar refractivity (Wildman–Crippen MR) is 98.4 cm³/mol. The fourth-order valence-corrected chi connectivity index (χ4v) is 4.56. The normalized spacial score (nSPS) is 18.2. The molecule has 1 atom stereocenters. The third kappa shape index (κ3) is 3.14. The van der Waals surface area contributed by atoms with Crippen LogP contribution in [0, 0.1) is 5.92 Å². The lowest BCUT2D eigenvalue weighted by Crippen LogP contribution is -2.36. The van der Waals surface area contributed by atoms with E-state index in [9.17, 15) is 5.11 Å². The molecule has 1 unspecified atom stereocenters. The maximum atomic E-state index is 9.24. The van der Waals surface area contributed by atoms with Crippen molar-refractivity contribution >= 4 is 27.2 Å². The van der Waals surface area contributed by atoms with Gasteiger partial charge in [-0.15, -0.1) is 11.3 Å². The van der Waals surface area contributed by atoms with Crippen LogP contribution in [0.5, 0.6) is 0 Å². The third-order valence-electron chi connectivity index (χ3n) is 4.74. The topological polar surface area (TPSA) is 49.3 Å². The standard InChI is InChI=1S/C19H21N3OS/c23-12-18-20-8-7-19(21-18)22-9-3-4-14(11-22)10-15-13-24-17-6-2-1-5-16(15)17/h1-2,5-8,13-14,23H,3-4,9-12H2. The third-order valence-corrected chi connectivity index (χ3v) is 5.76. The van der Waals surface area contributed by atoms with Gasteiger partial charge in [0.05, 0.1) is 0 Å². The van der Waals surface area contributed by atoms with Crippen LogP contribution < -0.4 is 4.90 Å². The van der Waals surface area contributed by atoms with Gasteiger partial charge in [0, 0.05) is 24.0 Å². The summed E-state index contributed by atoms with van der Waals surface area (Å²) < 4.78 is 1.38. The van der Waals surface area contributed by atoms with Gasteiger partial charge in [-0.1, -0.05) is 18.2 Å². The molecule has 124 valence electrons. The molecular formula is C19H21N3OS. The van der Waals surface area contributed by atoms with E-state index in [4.69, 9.17) is 0 Å². The minimum atomic E-state index is -0.105. The summed E-state index contributed by atoms with van der Waals surface area (Å²) in [5.74, 6) is 2.08. The van der Waals surface area contributed by atoms with Gasteiger partial charge in [0.2, 0.25) is 0 Å². The molecule has 5 heteroatoms. The van der Waals surface area contributed by atoms with Crippen LogP contribution in [0.15, 0.2) is 41.9 Å². The van der Waals surface area contributed by atoms with Crippen molar-refractivity contribution in [2.75, 3.05) is 18.0 Å². The smallest absolute Gasteiger partial charge is 0.156 e. The van der Waals surface area contributed by atoms with Crippen molar-refractivity contribution in [2.24, 2.45) is 5.92 Å². The summed E-state index contributed by atoms with van der Waals surface area (Å²) >= 11 is 1.84. The number of aliphatic hydroxyl groups excluding tert-OH is 1. The number of aliphatic hydroxyl groups is 1. The number of nitrogens with zero attached hydrogens (tertiary/aromatic N) is 3. The molecular weight excluding hydrogens is 318 g/mol. The maximum absolute atomic E-state index is 9.24. The molecule has 0 bridgehead atoms. The van der Waals surface area contributed by atoms with Gasteiger partial charge in [0.1, 0.15) is 12.4 Å². The van der Waals surface area contributed by atoms with Crippen molar-refractivity contribution < 1.29 is 5.11 Å². The number of benzene rings is 1. The summed E-state index contributed by atoms with van der Waals surface area (Å²) in [5, 5.41) is 13.0. The first kappa shape index (κ1) is 15.5.